The van der Waals surface area contributed by atoms with Gasteiger partial charge in [-0.1, -0.05) is 0 Å². The fourth-order valence-electron chi connectivity index (χ4n) is 2.84. The van der Waals surface area contributed by atoms with Crippen LogP contribution >= 0.6 is 0 Å². The third-order valence-electron chi connectivity index (χ3n) is 4.37. The summed E-state index contributed by atoms with van der Waals surface area (Å²) in [5, 5.41) is 3.35. The first kappa shape index (κ1) is 17.7. The number of benzene rings is 1. The van der Waals surface area contributed by atoms with Crippen LogP contribution in [0.4, 0.5) is 4.39 Å². The molecule has 1 saturated heterocycles. The molecule has 1 amide bonds. The topological polar surface area (TPSA) is 41.6 Å². The number of nitrogens with one attached hydrogen (secondary N) is 1. The van der Waals surface area contributed by atoms with Gasteiger partial charge in [-0.3, -0.25) is 4.79 Å². The van der Waals surface area contributed by atoms with E-state index in [9.17, 15) is 9.18 Å². The van der Waals surface area contributed by atoms with Gasteiger partial charge in [0.15, 0.2) is 0 Å². The van der Waals surface area contributed by atoms with Crippen LogP contribution in [0.15, 0.2) is 24.3 Å². The molecule has 1 heterocycles. The highest BCUT2D eigenvalue weighted by Crippen LogP contribution is 2.18. The third kappa shape index (κ3) is 6.57. The number of rotatable bonds is 8. The lowest BCUT2D eigenvalue weighted by Crippen LogP contribution is -2.31. The molecule has 0 aliphatic carbocycles. The molecule has 0 aromatic heterocycles. The zero-order chi connectivity index (χ0) is 16.5. The van der Waals surface area contributed by atoms with E-state index >= 15 is 0 Å². The lowest BCUT2D eigenvalue weighted by molar-refractivity contribution is -0.130. The molecule has 0 unspecified atom stereocenters. The van der Waals surface area contributed by atoms with E-state index in [-0.39, 0.29) is 11.7 Å². The van der Waals surface area contributed by atoms with Crippen molar-refractivity contribution >= 4 is 5.91 Å². The van der Waals surface area contributed by atoms with Gasteiger partial charge in [-0.2, -0.15) is 0 Å². The van der Waals surface area contributed by atoms with Gasteiger partial charge >= 0.3 is 0 Å². The highest BCUT2D eigenvalue weighted by atomic mass is 19.1. The smallest absolute Gasteiger partial charge is 0.222 e. The fraction of sp³-hybridized carbons (Fsp3) is 0.611. The van der Waals surface area contributed by atoms with Gasteiger partial charge in [0, 0.05) is 20.0 Å². The largest absolute Gasteiger partial charge is 0.494 e. The van der Waals surface area contributed by atoms with Gasteiger partial charge in [-0.05, 0) is 69.0 Å². The number of amides is 1. The monoisotopic (exact) mass is 322 g/mol. The number of ether oxygens (including phenoxy) is 1. The van der Waals surface area contributed by atoms with Crippen molar-refractivity contribution in [1.29, 1.82) is 0 Å². The summed E-state index contributed by atoms with van der Waals surface area (Å²) in [4.78, 5) is 13.9. The van der Waals surface area contributed by atoms with Crippen LogP contribution in [0.1, 0.15) is 32.1 Å². The Hall–Kier alpha value is -1.62. The van der Waals surface area contributed by atoms with Crippen molar-refractivity contribution in [1.82, 2.24) is 10.2 Å². The number of piperidine rings is 1. The number of hydrogen-bond donors (Lipinski definition) is 1. The van der Waals surface area contributed by atoms with Crippen molar-refractivity contribution in [2.45, 2.75) is 32.1 Å². The van der Waals surface area contributed by atoms with Crippen LogP contribution in [0.25, 0.3) is 0 Å². The van der Waals surface area contributed by atoms with Crippen LogP contribution in [0.5, 0.6) is 5.75 Å². The zero-order valence-electron chi connectivity index (χ0n) is 13.9. The predicted molar refractivity (Wildman–Crippen MR) is 89.0 cm³/mol. The quantitative estimate of drug-likeness (QED) is 0.748. The average molecular weight is 322 g/mol. The lowest BCUT2D eigenvalue weighted by atomic mass is 9.93. The van der Waals surface area contributed by atoms with Gasteiger partial charge < -0.3 is 15.0 Å². The van der Waals surface area contributed by atoms with E-state index in [4.69, 9.17) is 4.74 Å². The second-order valence-corrected chi connectivity index (χ2v) is 6.20. The molecule has 1 aliphatic rings. The molecule has 4 nitrogen and oxygen atoms in total. The van der Waals surface area contributed by atoms with Crippen LogP contribution in [0.2, 0.25) is 0 Å². The maximum Gasteiger partial charge on any atom is 0.222 e. The molecule has 0 bridgehead atoms. The maximum absolute atomic E-state index is 12.8. The molecule has 0 radical (unpaired) electrons. The molecular formula is C18H27FN2O2. The van der Waals surface area contributed by atoms with Gasteiger partial charge in [0.2, 0.25) is 5.91 Å². The number of nitrogens with zero attached hydrogens (tertiary/aromatic N) is 1. The first-order valence-electron chi connectivity index (χ1n) is 8.48. The van der Waals surface area contributed by atoms with E-state index in [1.54, 1.807) is 17.0 Å². The molecule has 0 atom stereocenters. The minimum atomic E-state index is -0.267. The Bertz CT molecular complexity index is 472. The van der Waals surface area contributed by atoms with Crippen molar-refractivity contribution in [3.05, 3.63) is 30.1 Å². The minimum absolute atomic E-state index is 0.213. The highest BCUT2D eigenvalue weighted by molar-refractivity contribution is 5.75. The summed E-state index contributed by atoms with van der Waals surface area (Å²) in [6.45, 7) is 3.37. The highest BCUT2D eigenvalue weighted by Gasteiger charge is 2.16. The summed E-state index contributed by atoms with van der Waals surface area (Å²) < 4.78 is 18.3. The minimum Gasteiger partial charge on any atom is -0.494 e. The maximum atomic E-state index is 12.8. The fourth-order valence-corrected chi connectivity index (χ4v) is 2.84. The van der Waals surface area contributed by atoms with E-state index in [2.05, 4.69) is 5.32 Å². The van der Waals surface area contributed by atoms with Crippen molar-refractivity contribution < 1.29 is 13.9 Å². The molecule has 1 N–H and O–H groups in total. The molecule has 1 aliphatic heterocycles. The van der Waals surface area contributed by atoms with E-state index in [1.807, 2.05) is 7.05 Å². The molecule has 23 heavy (non-hydrogen) atoms. The second-order valence-electron chi connectivity index (χ2n) is 6.20. The van der Waals surface area contributed by atoms with Crippen molar-refractivity contribution in [3.63, 3.8) is 0 Å². The lowest BCUT2D eigenvalue weighted by Gasteiger charge is -2.23. The van der Waals surface area contributed by atoms with Gasteiger partial charge in [0.25, 0.3) is 0 Å². The molecule has 128 valence electrons. The SMILES string of the molecule is CN(CCCOc1ccc(F)cc1)C(=O)CCC1CCNCC1. The Morgan fingerprint density at radius 1 is 1.30 bits per heavy atom. The van der Waals surface area contributed by atoms with Gasteiger partial charge in [0.1, 0.15) is 11.6 Å². The molecule has 1 aromatic carbocycles. The molecule has 5 heteroatoms. The Morgan fingerprint density at radius 2 is 2.00 bits per heavy atom. The van der Waals surface area contributed by atoms with Gasteiger partial charge in [-0.15, -0.1) is 0 Å². The molecule has 0 spiro atoms. The summed E-state index contributed by atoms with van der Waals surface area (Å²) in [5.41, 5.74) is 0. The van der Waals surface area contributed by atoms with Crippen LogP contribution in [0, 0.1) is 11.7 Å². The van der Waals surface area contributed by atoms with E-state index in [0.29, 0.717) is 31.2 Å². The molecule has 2 rings (SSSR count). The summed E-state index contributed by atoms with van der Waals surface area (Å²) >= 11 is 0. The normalized spacial score (nSPS) is 15.4. The van der Waals surface area contributed by atoms with E-state index < -0.39 is 0 Å². The first-order chi connectivity index (χ1) is 11.1. The van der Waals surface area contributed by atoms with E-state index in [0.717, 1.165) is 25.9 Å². The number of hydrogen-bond acceptors (Lipinski definition) is 3. The molecule has 1 aromatic rings. The Balaban J connectivity index is 1.57. The first-order valence-corrected chi connectivity index (χ1v) is 8.48. The standard InChI is InChI=1S/C18H27FN2O2/c1-21(18(22)8-3-15-9-11-20-12-10-15)13-2-14-23-17-6-4-16(19)5-7-17/h4-7,15,20H,2-3,8-14H2,1H3. The average Bonchev–Trinajstić information content (AvgIpc) is 2.59. The van der Waals surface area contributed by atoms with Crippen molar-refractivity contribution in [2.24, 2.45) is 5.92 Å². The molecule has 1 fully saturated rings. The summed E-state index contributed by atoms with van der Waals surface area (Å²) in [7, 11) is 1.85. The van der Waals surface area contributed by atoms with Crippen LogP contribution < -0.4 is 10.1 Å². The summed E-state index contributed by atoms with van der Waals surface area (Å²) in [5.74, 6) is 1.29. The Kier molecular flexibility index (Phi) is 7.33. The summed E-state index contributed by atoms with van der Waals surface area (Å²) in [6.07, 6.45) is 4.77. The van der Waals surface area contributed by atoms with Crippen molar-refractivity contribution in [3.8, 4) is 5.75 Å². The van der Waals surface area contributed by atoms with Gasteiger partial charge in [0.05, 0.1) is 6.61 Å². The van der Waals surface area contributed by atoms with Gasteiger partial charge in [-0.25, -0.2) is 4.39 Å². The zero-order valence-corrected chi connectivity index (χ0v) is 13.9. The van der Waals surface area contributed by atoms with Crippen LogP contribution in [-0.4, -0.2) is 44.1 Å². The second kappa shape index (κ2) is 9.50. The Labute approximate surface area is 138 Å². The number of carbonyl (C=O) groups is 1. The van der Waals surface area contributed by atoms with Crippen LogP contribution in [-0.2, 0) is 4.79 Å². The summed E-state index contributed by atoms with van der Waals surface area (Å²) in [6, 6.07) is 5.99. The third-order valence-corrected chi connectivity index (χ3v) is 4.37. The molecular weight excluding hydrogens is 295 g/mol. The number of carbonyl (C=O) groups excluding carboxylic acids is 1. The molecule has 0 saturated carbocycles. The number of halogens is 1. The Morgan fingerprint density at radius 3 is 2.70 bits per heavy atom. The van der Waals surface area contributed by atoms with Crippen molar-refractivity contribution in [2.75, 3.05) is 33.3 Å². The van der Waals surface area contributed by atoms with E-state index in [1.165, 1.54) is 25.0 Å². The predicted octanol–water partition coefficient (Wildman–Crippen LogP) is 2.83. The van der Waals surface area contributed by atoms with Crippen LogP contribution in [0.3, 0.4) is 0 Å².